The van der Waals surface area contributed by atoms with Crippen molar-refractivity contribution in [1.82, 2.24) is 0 Å². The maximum atomic E-state index is 6.15. The van der Waals surface area contributed by atoms with E-state index in [0.29, 0.717) is 11.8 Å². The van der Waals surface area contributed by atoms with Crippen molar-refractivity contribution >= 4 is 27.7 Å². The van der Waals surface area contributed by atoms with Crippen LogP contribution in [0, 0.1) is 11.8 Å². The number of anilines is 3. The van der Waals surface area contributed by atoms with Gasteiger partial charge >= 0.3 is 0 Å². The van der Waals surface area contributed by atoms with E-state index >= 15 is 0 Å². The van der Waals surface area contributed by atoms with Crippen molar-refractivity contribution in [3.63, 3.8) is 0 Å². The van der Waals surface area contributed by atoms with Crippen molar-refractivity contribution in [2.24, 2.45) is 11.8 Å². The summed E-state index contributed by atoms with van der Waals surface area (Å²) in [6, 6.07) is 21.3. The van der Waals surface area contributed by atoms with E-state index < -0.39 is 0 Å². The van der Waals surface area contributed by atoms with Crippen LogP contribution in [0.4, 0.5) is 16.4 Å². The van der Waals surface area contributed by atoms with Gasteiger partial charge in [0.05, 0.1) is 18.2 Å². The first-order valence-corrected chi connectivity index (χ1v) is 14.9. The molecule has 2 atom stereocenters. The predicted octanol–water partition coefficient (Wildman–Crippen LogP) is 10.4. The van der Waals surface area contributed by atoms with Gasteiger partial charge < -0.3 is 14.4 Å². The quantitative estimate of drug-likeness (QED) is 0.181. The molecule has 0 saturated carbocycles. The van der Waals surface area contributed by atoms with E-state index in [9.17, 15) is 0 Å². The molecule has 1 heterocycles. The van der Waals surface area contributed by atoms with Gasteiger partial charge in [0, 0.05) is 11.4 Å². The lowest BCUT2D eigenvalue weighted by atomic mass is 10.0. The Morgan fingerprint density at radius 3 is 1.50 bits per heavy atom. The van der Waals surface area contributed by atoms with Crippen LogP contribution in [0.1, 0.15) is 79.1 Å². The summed E-state index contributed by atoms with van der Waals surface area (Å²) in [5.41, 5.74) is 2.25. The molecule has 2 aromatic carbocycles. The maximum Gasteiger partial charge on any atom is 0.119 e. The van der Waals surface area contributed by atoms with E-state index in [1.54, 1.807) is 11.3 Å². The van der Waals surface area contributed by atoms with Crippen molar-refractivity contribution in [2.75, 3.05) is 18.1 Å². The minimum atomic E-state index is 0.632. The first kappa shape index (κ1) is 28.1. The van der Waals surface area contributed by atoms with E-state index in [1.165, 1.54) is 56.4 Å². The molecule has 3 aromatic rings. The Bertz CT molecular complexity index is 889. The minimum Gasteiger partial charge on any atom is -0.493 e. The highest BCUT2D eigenvalue weighted by Crippen LogP contribution is 2.38. The zero-order valence-electron chi connectivity index (χ0n) is 22.7. The van der Waals surface area contributed by atoms with Crippen LogP contribution < -0.4 is 14.4 Å². The van der Waals surface area contributed by atoms with Crippen LogP contribution in [0.15, 0.2) is 66.0 Å². The average Bonchev–Trinajstić information content (AvgIpc) is 3.45. The zero-order valence-corrected chi connectivity index (χ0v) is 23.6. The highest BCUT2D eigenvalue weighted by Gasteiger charge is 2.15. The summed E-state index contributed by atoms with van der Waals surface area (Å²) in [5.74, 6) is 3.15. The molecule has 0 saturated heterocycles. The van der Waals surface area contributed by atoms with Crippen molar-refractivity contribution in [3.8, 4) is 11.5 Å². The molecule has 1 aromatic heterocycles. The molecule has 0 bridgehead atoms. The second-order valence-electron chi connectivity index (χ2n) is 9.73. The summed E-state index contributed by atoms with van der Waals surface area (Å²) in [5, 5.41) is 3.31. The number of nitrogens with zero attached hydrogens (tertiary/aromatic N) is 1. The van der Waals surface area contributed by atoms with Gasteiger partial charge in [0.1, 0.15) is 11.5 Å². The Kier molecular flexibility index (Phi) is 12.2. The molecule has 4 heteroatoms. The molecule has 2 unspecified atom stereocenters. The number of benzene rings is 2. The third-order valence-corrected chi connectivity index (χ3v) is 7.83. The van der Waals surface area contributed by atoms with Crippen molar-refractivity contribution in [2.45, 2.75) is 79.1 Å². The Labute approximate surface area is 223 Å². The molecular weight excluding hydrogens is 462 g/mol. The summed E-state index contributed by atoms with van der Waals surface area (Å²) in [4.78, 5) is 2.30. The average molecular weight is 508 g/mol. The second kappa shape index (κ2) is 15.6. The third kappa shape index (κ3) is 8.58. The smallest absolute Gasteiger partial charge is 0.119 e. The summed E-state index contributed by atoms with van der Waals surface area (Å²) in [6.45, 7) is 10.6. The first-order chi connectivity index (χ1) is 17.7. The molecule has 0 N–H and O–H groups in total. The maximum absolute atomic E-state index is 6.15. The van der Waals surface area contributed by atoms with Gasteiger partial charge in [-0.15, -0.1) is 11.3 Å². The zero-order chi connectivity index (χ0) is 25.6. The molecular formula is C32H45NO2S. The van der Waals surface area contributed by atoms with Crippen LogP contribution >= 0.6 is 11.3 Å². The van der Waals surface area contributed by atoms with Gasteiger partial charge in [0.25, 0.3) is 0 Å². The molecule has 3 nitrogen and oxygen atoms in total. The lowest BCUT2D eigenvalue weighted by Crippen LogP contribution is -2.12. The monoisotopic (exact) mass is 507 g/mol. The SMILES string of the molecule is CCCCC(CC)COc1ccc(N(c2ccc(OCC(CC)CCCC)cc2)c2cccs2)cc1. The standard InChI is InChI=1S/C32H45NO2S/c1-5-9-12-26(7-3)24-34-30-19-15-28(16-20-30)33(32-14-11-23-36-32)29-17-21-31(22-18-29)35-25-27(8-4)13-10-6-2/h11,14-23,26-27H,5-10,12-13,24-25H2,1-4H3. The highest BCUT2D eigenvalue weighted by atomic mass is 32.1. The molecule has 0 aliphatic heterocycles. The van der Waals surface area contributed by atoms with Crippen molar-refractivity contribution in [3.05, 3.63) is 66.0 Å². The molecule has 0 spiro atoms. The number of unbranched alkanes of at least 4 members (excludes halogenated alkanes) is 2. The van der Waals surface area contributed by atoms with E-state index in [0.717, 1.165) is 36.1 Å². The molecule has 0 fully saturated rings. The van der Waals surface area contributed by atoms with Crippen LogP contribution in [-0.2, 0) is 0 Å². The molecule has 0 aliphatic carbocycles. The van der Waals surface area contributed by atoms with E-state index in [-0.39, 0.29) is 0 Å². The largest absolute Gasteiger partial charge is 0.493 e. The van der Waals surface area contributed by atoms with Crippen molar-refractivity contribution in [1.29, 1.82) is 0 Å². The normalized spacial score (nSPS) is 12.8. The lowest BCUT2D eigenvalue weighted by Gasteiger charge is -2.24. The Hall–Kier alpha value is -2.46. The molecule has 3 rings (SSSR count). The van der Waals surface area contributed by atoms with Gasteiger partial charge in [-0.25, -0.2) is 0 Å². The lowest BCUT2D eigenvalue weighted by molar-refractivity contribution is 0.233. The van der Waals surface area contributed by atoms with E-state index in [4.69, 9.17) is 9.47 Å². The minimum absolute atomic E-state index is 0.632. The summed E-state index contributed by atoms with van der Waals surface area (Å²) >= 11 is 1.74. The van der Waals surface area contributed by atoms with Crippen LogP contribution in [0.25, 0.3) is 0 Å². The fraction of sp³-hybridized carbons (Fsp3) is 0.500. The highest BCUT2D eigenvalue weighted by molar-refractivity contribution is 7.14. The van der Waals surface area contributed by atoms with Crippen LogP contribution in [0.5, 0.6) is 11.5 Å². The summed E-state index contributed by atoms with van der Waals surface area (Å²) in [7, 11) is 0. The Morgan fingerprint density at radius 2 is 1.14 bits per heavy atom. The molecule has 0 aliphatic rings. The number of hydrogen-bond donors (Lipinski definition) is 0. The van der Waals surface area contributed by atoms with Gasteiger partial charge in [-0.2, -0.15) is 0 Å². The summed E-state index contributed by atoms with van der Waals surface area (Å²) in [6.07, 6.45) is 9.87. The molecule has 36 heavy (non-hydrogen) atoms. The van der Waals surface area contributed by atoms with E-state index in [2.05, 4.69) is 98.6 Å². The van der Waals surface area contributed by atoms with E-state index in [1.807, 2.05) is 0 Å². The summed E-state index contributed by atoms with van der Waals surface area (Å²) < 4.78 is 12.3. The molecule has 0 radical (unpaired) electrons. The fourth-order valence-electron chi connectivity index (χ4n) is 4.41. The van der Waals surface area contributed by atoms with Crippen LogP contribution in [0.2, 0.25) is 0 Å². The molecule has 0 amide bonds. The second-order valence-corrected chi connectivity index (χ2v) is 10.7. The van der Waals surface area contributed by atoms with Crippen LogP contribution in [-0.4, -0.2) is 13.2 Å². The van der Waals surface area contributed by atoms with Gasteiger partial charge in [-0.05, 0) is 90.7 Å². The number of hydrogen-bond acceptors (Lipinski definition) is 4. The van der Waals surface area contributed by atoms with Crippen molar-refractivity contribution < 1.29 is 9.47 Å². The van der Waals surface area contributed by atoms with Gasteiger partial charge in [0.2, 0.25) is 0 Å². The third-order valence-electron chi connectivity index (χ3n) is 6.97. The molecule has 196 valence electrons. The van der Waals surface area contributed by atoms with Crippen LogP contribution in [0.3, 0.4) is 0 Å². The number of thiophene rings is 1. The van der Waals surface area contributed by atoms with Gasteiger partial charge in [0.15, 0.2) is 0 Å². The topological polar surface area (TPSA) is 21.7 Å². The number of rotatable bonds is 17. The Balaban J connectivity index is 1.68. The number of ether oxygens (including phenoxy) is 2. The predicted molar refractivity (Wildman–Crippen MR) is 157 cm³/mol. The van der Waals surface area contributed by atoms with Gasteiger partial charge in [-0.1, -0.05) is 66.2 Å². The van der Waals surface area contributed by atoms with Gasteiger partial charge in [-0.3, -0.25) is 0 Å². The fourth-order valence-corrected chi connectivity index (χ4v) is 5.18. The first-order valence-electron chi connectivity index (χ1n) is 14.0. The Morgan fingerprint density at radius 1 is 0.667 bits per heavy atom.